The van der Waals surface area contributed by atoms with Gasteiger partial charge in [-0.15, -0.1) is 0 Å². The van der Waals surface area contributed by atoms with E-state index in [9.17, 15) is 77.3 Å². The number of likely N-dealkylation sites (tertiary alicyclic amines) is 2. The van der Waals surface area contributed by atoms with Crippen LogP contribution in [-0.2, 0) is 80.0 Å². The minimum absolute atomic E-state index is 0.00706. The number of rotatable bonds is 40. The molecule has 0 bridgehead atoms. The Hall–Kier alpha value is -9.28. The number of carbonyl (C=O) groups is 14. The Balaban J connectivity index is 1.22. The Bertz CT molecular complexity index is 3660. The molecule has 32 nitrogen and oxygen atoms in total. The number of nitrogens with two attached hydrogens (primary N) is 3. The van der Waals surface area contributed by atoms with Crippen LogP contribution in [0, 0.1) is 11.8 Å². The number of thiol groups is 2. The molecule has 2 aromatic carbocycles. The van der Waals surface area contributed by atoms with Crippen molar-refractivity contribution in [3.63, 3.8) is 0 Å². The number of unbranched alkanes of at least 4 members (excludes halogenated alkanes) is 1. The third kappa shape index (κ3) is 23.4. The van der Waals surface area contributed by atoms with Gasteiger partial charge in [0.1, 0.15) is 66.5 Å². The van der Waals surface area contributed by atoms with Gasteiger partial charge in [0.05, 0.1) is 12.5 Å². The zero-order valence-electron chi connectivity index (χ0n) is 57.9. The standard InChI is InChI=1S/C68H98N16O16S2/c1-35(2)26-47(62(93)82-52(34-102)68(99)100)78-63(94)50(29-39-32-73-44-17-9-7-15-41(39)44)77-57(88)37(5)74-60(91)49(28-38-31-72-43-16-8-6-14-40(38)43)79-59(90)46(21-22-56(86)87)76-58(89)45(18-10-11-23-69)75-64(95)51(30-55(71)85)80-61(92)48(27-36(3)4)81-65(96)53-19-12-24-83(53)67(98)54-20-13-25-84(54)66(97)42(70)33-101/h6-9,14-17,31-32,35-37,42,45-54,72-73,101-102H,10-13,18-30,33-34,69-70H2,1-5H3,(H2,71,85)(H,74,91)(H,75,95)(H,76,89)(H,77,88)(H,78,94)(H,79,90)(H,80,92)(H,81,96)(H,82,93)(H,86,87)(H,99,100)/t37-,42-,45-,46-,47-,48-,49-,50-,51-,52-,53-,54-/m0/s1. The highest BCUT2D eigenvalue weighted by molar-refractivity contribution is 7.80. The summed E-state index contributed by atoms with van der Waals surface area (Å²) in [6.07, 6.45) is 2.67. The predicted molar refractivity (Wildman–Crippen MR) is 382 cm³/mol. The zero-order valence-corrected chi connectivity index (χ0v) is 59.7. The van der Waals surface area contributed by atoms with Crippen LogP contribution in [0.1, 0.15) is 123 Å². The van der Waals surface area contributed by atoms with Crippen LogP contribution in [0.15, 0.2) is 60.9 Å². The quantitative estimate of drug-likeness (QED) is 0.0188. The lowest BCUT2D eigenvalue weighted by atomic mass is 10.00. The molecule has 0 aliphatic carbocycles. The number of fused-ring (bicyclic) bond motifs is 2. The summed E-state index contributed by atoms with van der Waals surface area (Å²) in [5, 5.41) is 44.2. The SMILES string of the molecule is CC(C)C[C@H](NC(=O)[C@H](Cc1c[nH]c2ccccc12)NC(=O)[C@H](C)NC(=O)[C@H](Cc1c[nH]c2ccccc12)NC(=O)[C@H](CCC(=O)O)NC(=O)[C@H](CCCCN)NC(=O)[C@H](CC(N)=O)NC(=O)[C@H](CC(C)C)NC(=O)[C@@H]1CCCN1C(=O)[C@@H]1CCCN1C(=O)[C@@H](N)CS)C(=O)N[C@@H](CS)C(=O)O. The Morgan fingerprint density at radius 3 is 1.48 bits per heavy atom. The third-order valence-electron chi connectivity index (χ3n) is 17.8. The number of primary amides is 1. The Morgan fingerprint density at radius 1 is 0.529 bits per heavy atom. The summed E-state index contributed by atoms with van der Waals surface area (Å²) >= 11 is 8.18. The number of para-hydroxylation sites is 2. The first-order chi connectivity index (χ1) is 48.4. The van der Waals surface area contributed by atoms with E-state index in [1.54, 1.807) is 88.6 Å². The minimum atomic E-state index is -1.77. The van der Waals surface area contributed by atoms with Crippen LogP contribution in [0.3, 0.4) is 0 Å². The van der Waals surface area contributed by atoms with E-state index in [-0.39, 0.29) is 81.4 Å². The maximum Gasteiger partial charge on any atom is 0.327 e. The van der Waals surface area contributed by atoms with Crippen molar-refractivity contribution in [2.75, 3.05) is 31.1 Å². The number of H-pyrrole nitrogens is 2. The van der Waals surface area contributed by atoms with Crippen molar-refractivity contribution in [2.45, 2.75) is 197 Å². The van der Waals surface area contributed by atoms with Crippen LogP contribution in [0.2, 0.25) is 0 Å². The first kappa shape index (κ1) is 81.7. The molecule has 6 rings (SSSR count). The van der Waals surface area contributed by atoms with Crippen molar-refractivity contribution in [1.82, 2.24) is 67.6 Å². The van der Waals surface area contributed by atoms with Crippen LogP contribution in [-0.4, -0.2) is 216 Å². The van der Waals surface area contributed by atoms with Gasteiger partial charge in [-0.1, -0.05) is 64.1 Å². The fourth-order valence-electron chi connectivity index (χ4n) is 12.4. The molecule has 2 saturated heterocycles. The number of aromatic amines is 2. The van der Waals surface area contributed by atoms with E-state index in [1.807, 2.05) is 0 Å². The molecule has 4 aromatic rings. The van der Waals surface area contributed by atoms with E-state index in [4.69, 9.17) is 17.2 Å². The van der Waals surface area contributed by atoms with Crippen molar-refractivity contribution in [3.05, 3.63) is 72.1 Å². The lowest BCUT2D eigenvalue weighted by molar-refractivity contribution is -0.147. The maximum absolute atomic E-state index is 14.8. The van der Waals surface area contributed by atoms with Gasteiger partial charge in [-0.05, 0) is 113 Å². The summed E-state index contributed by atoms with van der Waals surface area (Å²) in [5.74, 6) is -13.7. The van der Waals surface area contributed by atoms with E-state index in [1.165, 1.54) is 16.7 Å². The van der Waals surface area contributed by atoms with E-state index >= 15 is 0 Å². The van der Waals surface area contributed by atoms with E-state index in [2.05, 4.69) is 83.1 Å². The second kappa shape index (κ2) is 39.2. The normalized spacial score (nSPS) is 17.4. The summed E-state index contributed by atoms with van der Waals surface area (Å²) in [7, 11) is 0. The minimum Gasteiger partial charge on any atom is -0.481 e. The second-order valence-electron chi connectivity index (χ2n) is 26.7. The molecule has 12 amide bonds. The van der Waals surface area contributed by atoms with Gasteiger partial charge in [0.15, 0.2) is 0 Å². The Labute approximate surface area is 601 Å². The first-order valence-corrected chi connectivity index (χ1v) is 35.6. The molecule has 558 valence electrons. The van der Waals surface area contributed by atoms with Crippen molar-refractivity contribution in [3.8, 4) is 0 Å². The van der Waals surface area contributed by atoms with Gasteiger partial charge < -0.3 is 95.0 Å². The van der Waals surface area contributed by atoms with E-state index < -0.39 is 175 Å². The number of carboxylic acids is 2. The smallest absolute Gasteiger partial charge is 0.327 e. The van der Waals surface area contributed by atoms with Crippen LogP contribution < -0.4 is 65.1 Å². The van der Waals surface area contributed by atoms with Gasteiger partial charge >= 0.3 is 11.9 Å². The second-order valence-corrected chi connectivity index (χ2v) is 27.4. The van der Waals surface area contributed by atoms with Crippen molar-refractivity contribution in [1.29, 1.82) is 0 Å². The highest BCUT2D eigenvalue weighted by Gasteiger charge is 2.44. The van der Waals surface area contributed by atoms with Gasteiger partial charge in [-0.2, -0.15) is 25.3 Å². The molecule has 0 unspecified atom stereocenters. The van der Waals surface area contributed by atoms with E-state index in [0.29, 0.717) is 65.2 Å². The number of nitrogens with one attached hydrogen (secondary N) is 11. The van der Waals surface area contributed by atoms with Crippen LogP contribution >= 0.6 is 25.3 Å². The average molecular weight is 1460 g/mol. The van der Waals surface area contributed by atoms with Gasteiger partial charge in [-0.3, -0.25) is 62.3 Å². The molecule has 0 radical (unpaired) electrons. The fourth-order valence-corrected chi connectivity index (χ4v) is 12.8. The summed E-state index contributed by atoms with van der Waals surface area (Å²) in [6.45, 7) is 9.03. The number of hydrogen-bond acceptors (Lipinski definition) is 18. The Kier molecular flexibility index (Phi) is 31.4. The molecule has 0 spiro atoms. The molecule has 2 aliphatic heterocycles. The number of aliphatic carboxylic acids is 2. The predicted octanol–water partition coefficient (Wildman–Crippen LogP) is -0.968. The van der Waals surface area contributed by atoms with Crippen molar-refractivity contribution in [2.24, 2.45) is 29.0 Å². The summed E-state index contributed by atoms with van der Waals surface area (Å²) in [4.78, 5) is 202. The molecule has 102 heavy (non-hydrogen) atoms. The van der Waals surface area contributed by atoms with Gasteiger partial charge in [0.2, 0.25) is 70.9 Å². The highest BCUT2D eigenvalue weighted by atomic mass is 32.1. The van der Waals surface area contributed by atoms with Crippen molar-refractivity contribution < 1.29 is 77.3 Å². The monoisotopic (exact) mass is 1460 g/mol. The number of carboxylic acid groups (broad SMARTS) is 2. The summed E-state index contributed by atoms with van der Waals surface area (Å²) in [6, 6.07) is -2.26. The number of aromatic nitrogens is 2. The molecule has 2 aliphatic rings. The van der Waals surface area contributed by atoms with Crippen LogP contribution in [0.4, 0.5) is 0 Å². The molecule has 0 saturated carbocycles. The fraction of sp³-hybridized carbons (Fsp3) is 0.559. The van der Waals surface area contributed by atoms with Crippen LogP contribution in [0.25, 0.3) is 21.8 Å². The Morgan fingerprint density at radius 2 is 0.971 bits per heavy atom. The number of amides is 12. The molecule has 4 heterocycles. The van der Waals surface area contributed by atoms with Crippen LogP contribution in [0.5, 0.6) is 0 Å². The average Bonchev–Trinajstić information content (AvgIpc) is 1.62. The molecule has 34 heteroatoms. The molecule has 19 N–H and O–H groups in total. The summed E-state index contributed by atoms with van der Waals surface area (Å²) < 4.78 is 0. The largest absolute Gasteiger partial charge is 0.481 e. The van der Waals surface area contributed by atoms with Gasteiger partial charge in [0.25, 0.3) is 0 Å². The highest BCUT2D eigenvalue weighted by Crippen LogP contribution is 2.27. The maximum atomic E-state index is 14.8. The summed E-state index contributed by atoms with van der Waals surface area (Å²) in [5.41, 5.74) is 19.9. The molecular formula is C68H98N16O16S2. The van der Waals surface area contributed by atoms with Crippen molar-refractivity contribution >= 4 is 130 Å². The lowest BCUT2D eigenvalue weighted by Gasteiger charge is -2.32. The van der Waals surface area contributed by atoms with Gasteiger partial charge in [-0.25, -0.2) is 4.79 Å². The van der Waals surface area contributed by atoms with Gasteiger partial charge in [0, 0.05) is 78.1 Å². The topological polar surface area (TPSA) is 504 Å². The van der Waals surface area contributed by atoms with E-state index in [0.717, 1.165) is 0 Å². The number of nitrogens with zero attached hydrogens (tertiary/aromatic N) is 2. The molecule has 2 fully saturated rings. The number of carbonyl (C=O) groups excluding carboxylic acids is 12. The number of hydrogen-bond donors (Lipinski definition) is 18. The molecule has 12 atom stereocenters. The third-order valence-corrected chi connectivity index (χ3v) is 18.5. The zero-order chi connectivity index (χ0) is 75.1. The molecular weight excluding hydrogens is 1360 g/mol. The lowest BCUT2D eigenvalue weighted by Crippen LogP contribution is -2.61. The number of benzene rings is 2. The molecule has 2 aromatic heterocycles. The first-order valence-electron chi connectivity index (χ1n) is 34.3.